The molecule has 0 amide bonds. The molecule has 1 aliphatic rings. The number of hydrogen-bond donors (Lipinski definition) is 1. The Morgan fingerprint density at radius 3 is 3.13 bits per heavy atom. The van der Waals surface area contributed by atoms with E-state index in [4.69, 9.17) is 0 Å². The summed E-state index contributed by atoms with van der Waals surface area (Å²) in [6.45, 7) is 7.76. The van der Waals surface area contributed by atoms with Crippen molar-refractivity contribution in [3.63, 3.8) is 0 Å². The molecule has 0 aliphatic heterocycles. The number of nitrogens with zero attached hydrogens (tertiary/aromatic N) is 2. The van der Waals surface area contributed by atoms with E-state index in [1.54, 1.807) is 0 Å². The highest BCUT2D eigenvalue weighted by molar-refractivity contribution is 5.16. The van der Waals surface area contributed by atoms with Crippen LogP contribution in [0.3, 0.4) is 0 Å². The summed E-state index contributed by atoms with van der Waals surface area (Å²) >= 11 is 0. The molecular formula is C12H21N3. The molecule has 3 nitrogen and oxygen atoms in total. The van der Waals surface area contributed by atoms with Gasteiger partial charge in [-0.15, -0.1) is 0 Å². The predicted molar refractivity (Wildman–Crippen MR) is 61.9 cm³/mol. The fourth-order valence-electron chi connectivity index (χ4n) is 2.20. The third-order valence-electron chi connectivity index (χ3n) is 3.22. The molecule has 0 spiro atoms. The van der Waals surface area contributed by atoms with Crippen LogP contribution in [-0.2, 0) is 6.54 Å². The summed E-state index contributed by atoms with van der Waals surface area (Å²) in [5, 5.41) is 3.50. The highest BCUT2D eigenvalue weighted by Crippen LogP contribution is 2.46. The first-order valence-electron chi connectivity index (χ1n) is 6.07. The van der Waals surface area contributed by atoms with E-state index >= 15 is 0 Å². The lowest BCUT2D eigenvalue weighted by Gasteiger charge is -2.05. The van der Waals surface area contributed by atoms with Gasteiger partial charge in [0.05, 0.1) is 6.33 Å². The maximum absolute atomic E-state index is 4.23. The topological polar surface area (TPSA) is 29.9 Å². The summed E-state index contributed by atoms with van der Waals surface area (Å²) in [5.41, 5.74) is 1.43. The van der Waals surface area contributed by atoms with Gasteiger partial charge in [-0.2, -0.15) is 0 Å². The first-order valence-corrected chi connectivity index (χ1v) is 6.07. The van der Waals surface area contributed by atoms with Gasteiger partial charge in [0.2, 0.25) is 0 Å². The van der Waals surface area contributed by atoms with Gasteiger partial charge in [0.25, 0.3) is 0 Å². The Morgan fingerprint density at radius 2 is 2.40 bits per heavy atom. The monoisotopic (exact) mass is 207 g/mol. The number of nitrogens with one attached hydrogen (secondary N) is 1. The number of aryl methyl sites for hydroxylation is 1. The molecule has 1 fully saturated rings. The molecule has 0 bridgehead atoms. The fourth-order valence-corrected chi connectivity index (χ4v) is 2.20. The SMILES string of the molecule is CCCNCC1CC1c1cncn1CC. The number of hydrogen-bond acceptors (Lipinski definition) is 2. The minimum absolute atomic E-state index is 0.761. The molecule has 15 heavy (non-hydrogen) atoms. The van der Waals surface area contributed by atoms with Crippen molar-refractivity contribution >= 4 is 0 Å². The molecule has 0 aromatic carbocycles. The average Bonchev–Trinajstić information content (AvgIpc) is 2.86. The molecule has 1 heterocycles. The second-order valence-electron chi connectivity index (χ2n) is 4.41. The Morgan fingerprint density at radius 1 is 1.53 bits per heavy atom. The fraction of sp³-hybridized carbons (Fsp3) is 0.750. The van der Waals surface area contributed by atoms with E-state index in [1.807, 2.05) is 12.5 Å². The maximum atomic E-state index is 4.23. The Kier molecular flexibility index (Phi) is 3.41. The summed E-state index contributed by atoms with van der Waals surface area (Å²) in [6.07, 6.45) is 6.55. The van der Waals surface area contributed by atoms with Gasteiger partial charge >= 0.3 is 0 Å². The van der Waals surface area contributed by atoms with Crippen LogP contribution >= 0.6 is 0 Å². The molecule has 3 heteroatoms. The quantitative estimate of drug-likeness (QED) is 0.723. The zero-order valence-corrected chi connectivity index (χ0v) is 9.74. The Hall–Kier alpha value is -0.830. The van der Waals surface area contributed by atoms with Gasteiger partial charge in [-0.1, -0.05) is 6.92 Å². The van der Waals surface area contributed by atoms with Crippen LogP contribution in [0.4, 0.5) is 0 Å². The third kappa shape index (κ3) is 2.40. The molecular weight excluding hydrogens is 186 g/mol. The second-order valence-corrected chi connectivity index (χ2v) is 4.41. The molecule has 0 radical (unpaired) electrons. The standard InChI is InChI=1S/C12H21N3/c1-3-5-13-7-10-6-11(10)12-8-14-9-15(12)4-2/h8-11,13H,3-7H2,1-2H3. The van der Waals surface area contributed by atoms with E-state index in [2.05, 4.69) is 28.7 Å². The highest BCUT2D eigenvalue weighted by Gasteiger charge is 2.39. The summed E-state index contributed by atoms with van der Waals surface area (Å²) in [5.74, 6) is 1.61. The molecule has 2 atom stereocenters. The Balaban J connectivity index is 1.82. The maximum Gasteiger partial charge on any atom is 0.0948 e. The van der Waals surface area contributed by atoms with Crippen LogP contribution in [0.1, 0.15) is 38.3 Å². The van der Waals surface area contributed by atoms with Gasteiger partial charge < -0.3 is 9.88 Å². The van der Waals surface area contributed by atoms with Crippen LogP contribution in [0.15, 0.2) is 12.5 Å². The average molecular weight is 207 g/mol. The van der Waals surface area contributed by atoms with Gasteiger partial charge in [-0.05, 0) is 38.8 Å². The molecule has 1 saturated carbocycles. The summed E-state index contributed by atoms with van der Waals surface area (Å²) in [7, 11) is 0. The molecule has 0 saturated heterocycles. The van der Waals surface area contributed by atoms with Gasteiger partial charge in [0.15, 0.2) is 0 Å². The van der Waals surface area contributed by atoms with Crippen LogP contribution in [0.25, 0.3) is 0 Å². The largest absolute Gasteiger partial charge is 0.335 e. The van der Waals surface area contributed by atoms with Crippen molar-refractivity contribution in [1.29, 1.82) is 0 Å². The second kappa shape index (κ2) is 4.79. The minimum Gasteiger partial charge on any atom is -0.335 e. The lowest BCUT2D eigenvalue weighted by molar-refractivity contribution is 0.609. The zero-order chi connectivity index (χ0) is 10.7. The third-order valence-corrected chi connectivity index (χ3v) is 3.22. The Labute approximate surface area is 91.9 Å². The number of rotatable bonds is 6. The van der Waals surface area contributed by atoms with Gasteiger partial charge in [0.1, 0.15) is 0 Å². The lowest BCUT2D eigenvalue weighted by Crippen LogP contribution is -2.18. The van der Waals surface area contributed by atoms with Gasteiger partial charge in [-0.3, -0.25) is 0 Å². The number of imidazole rings is 1. The van der Waals surface area contributed by atoms with E-state index < -0.39 is 0 Å². The van der Waals surface area contributed by atoms with Crippen LogP contribution < -0.4 is 5.32 Å². The van der Waals surface area contributed by atoms with E-state index in [-0.39, 0.29) is 0 Å². The zero-order valence-electron chi connectivity index (χ0n) is 9.74. The normalized spacial score (nSPS) is 24.4. The Bertz CT molecular complexity index is 306. The molecule has 1 aromatic rings. The van der Waals surface area contributed by atoms with E-state index in [1.165, 1.54) is 25.1 Å². The molecule has 1 N–H and O–H groups in total. The predicted octanol–water partition coefficient (Wildman–Crippen LogP) is 2.01. The van der Waals surface area contributed by atoms with Crippen molar-refractivity contribution in [3.05, 3.63) is 18.2 Å². The van der Waals surface area contributed by atoms with Crippen molar-refractivity contribution in [2.45, 2.75) is 39.2 Å². The van der Waals surface area contributed by atoms with Crippen LogP contribution in [0.5, 0.6) is 0 Å². The number of aromatic nitrogens is 2. The lowest BCUT2D eigenvalue weighted by atomic mass is 10.2. The van der Waals surface area contributed by atoms with Crippen molar-refractivity contribution in [2.24, 2.45) is 5.92 Å². The smallest absolute Gasteiger partial charge is 0.0948 e. The first-order chi connectivity index (χ1) is 7.36. The summed E-state index contributed by atoms with van der Waals surface area (Å²) in [4.78, 5) is 4.23. The van der Waals surface area contributed by atoms with E-state index in [0.717, 1.165) is 24.9 Å². The van der Waals surface area contributed by atoms with E-state index in [9.17, 15) is 0 Å². The van der Waals surface area contributed by atoms with E-state index in [0.29, 0.717) is 0 Å². The molecule has 2 rings (SSSR count). The summed E-state index contributed by atoms with van der Waals surface area (Å²) in [6, 6.07) is 0. The molecule has 1 aliphatic carbocycles. The van der Waals surface area contributed by atoms with Crippen LogP contribution in [0.2, 0.25) is 0 Å². The molecule has 1 aromatic heterocycles. The first kappa shape index (κ1) is 10.7. The molecule has 2 unspecified atom stereocenters. The van der Waals surface area contributed by atoms with Crippen molar-refractivity contribution < 1.29 is 0 Å². The van der Waals surface area contributed by atoms with Crippen molar-refractivity contribution in [3.8, 4) is 0 Å². The van der Waals surface area contributed by atoms with Crippen LogP contribution in [0, 0.1) is 5.92 Å². The molecule has 84 valence electrons. The van der Waals surface area contributed by atoms with Gasteiger partial charge in [-0.25, -0.2) is 4.98 Å². The summed E-state index contributed by atoms with van der Waals surface area (Å²) < 4.78 is 2.27. The highest BCUT2D eigenvalue weighted by atomic mass is 15.0. The van der Waals surface area contributed by atoms with Crippen LogP contribution in [-0.4, -0.2) is 22.6 Å². The minimum atomic E-state index is 0.761. The van der Waals surface area contributed by atoms with Crippen molar-refractivity contribution in [1.82, 2.24) is 14.9 Å². The van der Waals surface area contributed by atoms with Gasteiger partial charge in [0, 0.05) is 24.4 Å². The van der Waals surface area contributed by atoms with Crippen molar-refractivity contribution in [2.75, 3.05) is 13.1 Å².